The van der Waals surface area contributed by atoms with Gasteiger partial charge in [-0.2, -0.15) is 0 Å². The number of benzene rings is 4. The minimum absolute atomic E-state index is 0.0411. The number of para-hydroxylation sites is 1. The van der Waals surface area contributed by atoms with Crippen molar-refractivity contribution in [2.24, 2.45) is 0 Å². The molecule has 3 amide bonds. The number of thioether (sulfide) groups is 1. The Bertz CT molecular complexity index is 1840. The predicted molar refractivity (Wildman–Crippen MR) is 185 cm³/mol. The standard InChI is InChI=1S/C36H32N4O4S2/c1-3-44-31-20-11-10-17-27(31)21-30(39-33(41)26-15-8-5-9-16-26)34(42)38-28-18-12-19-29(22-28)46-32(25-13-6-4-7-14-25)35(43)40-36-37-24(2)23-45-36/h4-23,32H,3H2,1-2H3,(H,38,42)(H,39,41)(H,37,40,43)/b30-21+. The van der Waals surface area contributed by atoms with Crippen molar-refractivity contribution in [3.8, 4) is 5.75 Å². The molecule has 46 heavy (non-hydrogen) atoms. The Morgan fingerprint density at radius 3 is 2.33 bits per heavy atom. The van der Waals surface area contributed by atoms with Crippen molar-refractivity contribution in [2.45, 2.75) is 24.0 Å². The lowest BCUT2D eigenvalue weighted by Gasteiger charge is -2.17. The first-order valence-electron chi connectivity index (χ1n) is 14.6. The van der Waals surface area contributed by atoms with Crippen molar-refractivity contribution < 1.29 is 19.1 Å². The van der Waals surface area contributed by atoms with Crippen molar-refractivity contribution in [1.29, 1.82) is 0 Å². The lowest BCUT2D eigenvalue weighted by molar-refractivity contribution is -0.116. The Balaban J connectivity index is 1.39. The SMILES string of the molecule is CCOc1ccccc1/C=C(/NC(=O)c1ccccc1)C(=O)Nc1cccc(SC(C(=O)Nc2nc(C)cs2)c2ccccc2)c1. The van der Waals surface area contributed by atoms with Crippen LogP contribution in [-0.4, -0.2) is 29.3 Å². The fraction of sp³-hybridized carbons (Fsp3) is 0.111. The van der Waals surface area contributed by atoms with Gasteiger partial charge in [0.25, 0.3) is 11.8 Å². The summed E-state index contributed by atoms with van der Waals surface area (Å²) >= 11 is 2.73. The number of rotatable bonds is 12. The lowest BCUT2D eigenvalue weighted by Crippen LogP contribution is -2.30. The monoisotopic (exact) mass is 648 g/mol. The molecule has 0 fully saturated rings. The van der Waals surface area contributed by atoms with Gasteiger partial charge < -0.3 is 20.7 Å². The Morgan fingerprint density at radius 2 is 1.61 bits per heavy atom. The molecule has 1 aromatic heterocycles. The smallest absolute Gasteiger partial charge is 0.272 e. The molecule has 3 N–H and O–H groups in total. The molecule has 5 aromatic rings. The van der Waals surface area contributed by atoms with Crippen LogP contribution in [0.25, 0.3) is 6.08 Å². The number of anilines is 2. The van der Waals surface area contributed by atoms with E-state index in [9.17, 15) is 14.4 Å². The maximum absolute atomic E-state index is 13.7. The van der Waals surface area contributed by atoms with Gasteiger partial charge in [0.15, 0.2) is 5.13 Å². The van der Waals surface area contributed by atoms with Crippen molar-refractivity contribution in [3.05, 3.63) is 143 Å². The number of carbonyl (C=O) groups excluding carboxylic acids is 3. The minimum Gasteiger partial charge on any atom is -0.493 e. The van der Waals surface area contributed by atoms with Crippen LogP contribution in [0.2, 0.25) is 0 Å². The van der Waals surface area contributed by atoms with Crippen molar-refractivity contribution in [2.75, 3.05) is 17.2 Å². The van der Waals surface area contributed by atoms with Gasteiger partial charge in [-0.15, -0.1) is 23.1 Å². The molecule has 232 valence electrons. The number of carbonyl (C=O) groups is 3. The zero-order chi connectivity index (χ0) is 32.3. The molecule has 0 aliphatic carbocycles. The van der Waals surface area contributed by atoms with E-state index in [2.05, 4.69) is 20.9 Å². The molecule has 10 heteroatoms. The van der Waals surface area contributed by atoms with Gasteiger partial charge in [-0.05, 0) is 61.9 Å². The van der Waals surface area contributed by atoms with Crippen LogP contribution in [0.1, 0.15) is 39.4 Å². The van der Waals surface area contributed by atoms with Crippen LogP contribution in [0.3, 0.4) is 0 Å². The minimum atomic E-state index is -0.577. The second-order valence-corrected chi connectivity index (χ2v) is 12.1. The molecule has 0 spiro atoms. The van der Waals surface area contributed by atoms with E-state index in [1.165, 1.54) is 23.1 Å². The van der Waals surface area contributed by atoms with Crippen LogP contribution < -0.4 is 20.7 Å². The summed E-state index contributed by atoms with van der Waals surface area (Å²) in [6, 6.07) is 32.7. The van der Waals surface area contributed by atoms with E-state index in [0.29, 0.717) is 34.3 Å². The Labute approximate surface area is 275 Å². The molecule has 1 unspecified atom stereocenters. The van der Waals surface area contributed by atoms with Crippen LogP contribution in [0.5, 0.6) is 5.75 Å². The zero-order valence-electron chi connectivity index (χ0n) is 25.2. The van der Waals surface area contributed by atoms with Crippen LogP contribution in [0, 0.1) is 6.92 Å². The number of aryl methyl sites for hydroxylation is 1. The van der Waals surface area contributed by atoms with E-state index >= 15 is 0 Å². The molecule has 0 radical (unpaired) electrons. The Hall–Kier alpha value is -5.19. The topological polar surface area (TPSA) is 109 Å². The number of ether oxygens (including phenoxy) is 1. The molecule has 1 heterocycles. The lowest BCUT2D eigenvalue weighted by atomic mass is 10.1. The van der Waals surface area contributed by atoms with Gasteiger partial charge in [0, 0.05) is 27.1 Å². The number of hydrogen-bond donors (Lipinski definition) is 3. The summed E-state index contributed by atoms with van der Waals surface area (Å²) in [5.74, 6) is -0.566. The number of hydrogen-bond acceptors (Lipinski definition) is 7. The Kier molecular flexibility index (Phi) is 11.0. The fourth-order valence-corrected chi connectivity index (χ4v) is 6.22. The first-order valence-corrected chi connectivity index (χ1v) is 16.3. The summed E-state index contributed by atoms with van der Waals surface area (Å²) in [7, 11) is 0. The summed E-state index contributed by atoms with van der Waals surface area (Å²) in [6.45, 7) is 4.20. The summed E-state index contributed by atoms with van der Waals surface area (Å²) in [5.41, 5.74) is 3.25. The van der Waals surface area contributed by atoms with Crippen LogP contribution >= 0.6 is 23.1 Å². The predicted octanol–water partition coefficient (Wildman–Crippen LogP) is 7.73. The van der Waals surface area contributed by atoms with Crippen molar-refractivity contribution in [3.63, 3.8) is 0 Å². The third-order valence-electron chi connectivity index (χ3n) is 6.58. The normalized spacial score (nSPS) is 11.7. The van der Waals surface area contributed by atoms with Gasteiger partial charge in [0.2, 0.25) is 5.91 Å². The second kappa shape index (κ2) is 15.7. The quantitative estimate of drug-likeness (QED) is 0.0944. The highest BCUT2D eigenvalue weighted by atomic mass is 32.2. The van der Waals surface area contributed by atoms with Crippen molar-refractivity contribution >= 4 is 57.7 Å². The van der Waals surface area contributed by atoms with Gasteiger partial charge in [-0.3, -0.25) is 14.4 Å². The third kappa shape index (κ3) is 8.71. The summed E-state index contributed by atoms with van der Waals surface area (Å²) < 4.78 is 5.74. The summed E-state index contributed by atoms with van der Waals surface area (Å²) in [4.78, 5) is 45.4. The van der Waals surface area contributed by atoms with E-state index in [-0.39, 0.29) is 11.6 Å². The van der Waals surface area contributed by atoms with Crippen LogP contribution in [0.4, 0.5) is 10.8 Å². The van der Waals surface area contributed by atoms with Crippen LogP contribution in [0.15, 0.2) is 125 Å². The molecule has 0 aliphatic heterocycles. The molecule has 1 atom stereocenters. The van der Waals surface area contributed by atoms with E-state index < -0.39 is 17.1 Å². The maximum Gasteiger partial charge on any atom is 0.272 e. The van der Waals surface area contributed by atoms with Gasteiger partial charge in [-0.25, -0.2) is 4.98 Å². The third-order valence-corrected chi connectivity index (χ3v) is 8.71. The van der Waals surface area contributed by atoms with Gasteiger partial charge in [0.05, 0.1) is 12.3 Å². The van der Waals surface area contributed by atoms with Gasteiger partial charge >= 0.3 is 0 Å². The average molecular weight is 649 g/mol. The number of aromatic nitrogens is 1. The molecule has 0 aliphatic rings. The highest BCUT2D eigenvalue weighted by Crippen LogP contribution is 2.37. The highest BCUT2D eigenvalue weighted by molar-refractivity contribution is 8.00. The van der Waals surface area contributed by atoms with E-state index in [4.69, 9.17) is 4.74 Å². The van der Waals surface area contributed by atoms with Gasteiger partial charge in [0.1, 0.15) is 16.7 Å². The summed E-state index contributed by atoms with van der Waals surface area (Å²) in [5, 5.41) is 10.5. The largest absolute Gasteiger partial charge is 0.493 e. The van der Waals surface area contributed by atoms with E-state index in [0.717, 1.165) is 16.2 Å². The first kappa shape index (κ1) is 32.2. The van der Waals surface area contributed by atoms with Crippen LogP contribution in [-0.2, 0) is 9.59 Å². The zero-order valence-corrected chi connectivity index (χ0v) is 26.9. The van der Waals surface area contributed by atoms with E-state index in [1.54, 1.807) is 54.6 Å². The average Bonchev–Trinajstić information content (AvgIpc) is 3.49. The second-order valence-electron chi connectivity index (χ2n) is 10.0. The fourth-order valence-electron chi connectivity index (χ4n) is 4.45. The molecule has 4 aromatic carbocycles. The number of nitrogens with one attached hydrogen (secondary N) is 3. The molecular formula is C36H32N4O4S2. The van der Waals surface area contributed by atoms with Gasteiger partial charge in [-0.1, -0.05) is 72.8 Å². The molecule has 5 rings (SSSR count). The molecule has 8 nitrogen and oxygen atoms in total. The number of amides is 3. The maximum atomic E-state index is 13.7. The molecule has 0 bridgehead atoms. The summed E-state index contributed by atoms with van der Waals surface area (Å²) in [6.07, 6.45) is 1.59. The van der Waals surface area contributed by atoms with Crippen molar-refractivity contribution in [1.82, 2.24) is 10.3 Å². The first-order chi connectivity index (χ1) is 22.4. The molecule has 0 saturated heterocycles. The molecular weight excluding hydrogens is 617 g/mol. The highest BCUT2D eigenvalue weighted by Gasteiger charge is 2.24. The molecule has 0 saturated carbocycles. The van der Waals surface area contributed by atoms with E-state index in [1.807, 2.05) is 79.9 Å². The number of nitrogens with zero attached hydrogens (tertiary/aromatic N) is 1. The Morgan fingerprint density at radius 1 is 0.891 bits per heavy atom. The number of thiazole rings is 1.